The molecular weight excluding hydrogens is 316 g/mol. The van der Waals surface area contributed by atoms with Gasteiger partial charge in [-0.25, -0.2) is 0 Å². The zero-order chi connectivity index (χ0) is 15.5. The lowest BCUT2D eigenvalue weighted by molar-refractivity contribution is -0.116. The summed E-state index contributed by atoms with van der Waals surface area (Å²) in [5.41, 5.74) is 1.56. The number of carbonyl (C=O) groups excluding carboxylic acids is 1. The molecule has 3 rings (SSSR count). The summed E-state index contributed by atoms with van der Waals surface area (Å²) >= 11 is 6.68. The molecular formula is C16H14N2O2S2. The Morgan fingerprint density at radius 3 is 2.55 bits per heavy atom. The predicted octanol–water partition coefficient (Wildman–Crippen LogP) is 3.50. The van der Waals surface area contributed by atoms with E-state index in [2.05, 4.69) is 5.32 Å². The lowest BCUT2D eigenvalue weighted by Crippen LogP contribution is -2.34. The quantitative estimate of drug-likeness (QED) is 0.869. The topological polar surface area (TPSA) is 41.6 Å². The highest BCUT2D eigenvalue weighted by molar-refractivity contribution is 8.25. The summed E-state index contributed by atoms with van der Waals surface area (Å²) in [6.45, 7) is 0. The summed E-state index contributed by atoms with van der Waals surface area (Å²) in [6, 6.07) is 16.9. The Labute approximate surface area is 138 Å². The first-order valence-corrected chi connectivity index (χ1v) is 7.98. The minimum absolute atomic E-state index is 0.0768. The number of amides is 1. The number of para-hydroxylation sites is 3. The molecule has 1 fully saturated rings. The van der Waals surface area contributed by atoms with Crippen molar-refractivity contribution in [2.45, 2.75) is 5.37 Å². The molecule has 0 saturated carbocycles. The van der Waals surface area contributed by atoms with Crippen LogP contribution in [0.25, 0.3) is 0 Å². The van der Waals surface area contributed by atoms with Crippen LogP contribution >= 0.6 is 24.0 Å². The Kier molecular flexibility index (Phi) is 4.31. The Hall–Kier alpha value is -2.05. The molecule has 0 aliphatic carbocycles. The highest BCUT2D eigenvalue weighted by atomic mass is 32.2. The molecule has 0 spiro atoms. The van der Waals surface area contributed by atoms with Crippen molar-refractivity contribution in [3.8, 4) is 5.75 Å². The van der Waals surface area contributed by atoms with Gasteiger partial charge in [-0.2, -0.15) is 0 Å². The first kappa shape index (κ1) is 14.9. The Morgan fingerprint density at radius 1 is 1.14 bits per heavy atom. The third kappa shape index (κ3) is 2.80. The maximum Gasteiger partial charge on any atom is 0.266 e. The smallest absolute Gasteiger partial charge is 0.266 e. The van der Waals surface area contributed by atoms with Gasteiger partial charge in [-0.3, -0.25) is 9.69 Å². The third-order valence-corrected chi connectivity index (χ3v) is 4.66. The van der Waals surface area contributed by atoms with Crippen LogP contribution in [0.4, 0.5) is 11.4 Å². The van der Waals surface area contributed by atoms with E-state index < -0.39 is 5.37 Å². The number of nitrogens with zero attached hydrogens (tertiary/aromatic N) is 1. The molecule has 2 aromatic carbocycles. The van der Waals surface area contributed by atoms with Crippen LogP contribution in [-0.4, -0.2) is 22.7 Å². The maximum absolute atomic E-state index is 12.6. The number of rotatable bonds is 4. The van der Waals surface area contributed by atoms with E-state index in [9.17, 15) is 4.79 Å². The SMILES string of the molecule is COc1ccccc1N[C@H]1SC(=S)N(c2ccccc2)C1=O. The standard InChI is InChI=1S/C16H14N2O2S2/c1-20-13-10-6-5-9-12(13)17-14-15(19)18(16(21)22-14)11-7-3-2-4-8-11/h2-10,14,17H,1H3/t14-/m0/s1. The number of ether oxygens (including phenoxy) is 1. The van der Waals surface area contributed by atoms with Gasteiger partial charge in [-0.05, 0) is 24.3 Å². The van der Waals surface area contributed by atoms with E-state index in [0.29, 0.717) is 10.1 Å². The van der Waals surface area contributed by atoms with Crippen molar-refractivity contribution < 1.29 is 9.53 Å². The average molecular weight is 330 g/mol. The van der Waals surface area contributed by atoms with Crippen molar-refractivity contribution in [3.05, 3.63) is 54.6 Å². The molecule has 1 N–H and O–H groups in total. The van der Waals surface area contributed by atoms with Crippen molar-refractivity contribution in [1.29, 1.82) is 0 Å². The number of thiocarbonyl (C=S) groups is 1. The summed E-state index contributed by atoms with van der Waals surface area (Å²) in [5, 5.41) is 2.74. The molecule has 1 saturated heterocycles. The van der Waals surface area contributed by atoms with E-state index in [1.807, 2.05) is 54.6 Å². The molecule has 0 unspecified atom stereocenters. The van der Waals surface area contributed by atoms with Gasteiger partial charge in [0.05, 0.1) is 18.5 Å². The number of carbonyl (C=O) groups is 1. The van der Waals surface area contributed by atoms with Crippen LogP contribution in [0.2, 0.25) is 0 Å². The number of hydrogen-bond acceptors (Lipinski definition) is 5. The Morgan fingerprint density at radius 2 is 1.82 bits per heavy atom. The Balaban J connectivity index is 1.83. The normalized spacial score (nSPS) is 17.7. The number of anilines is 2. The third-order valence-electron chi connectivity index (χ3n) is 3.25. The zero-order valence-corrected chi connectivity index (χ0v) is 13.5. The van der Waals surface area contributed by atoms with Gasteiger partial charge in [0.2, 0.25) is 0 Å². The Bertz CT molecular complexity index is 706. The van der Waals surface area contributed by atoms with E-state index in [0.717, 1.165) is 11.4 Å². The van der Waals surface area contributed by atoms with E-state index in [-0.39, 0.29) is 5.91 Å². The zero-order valence-electron chi connectivity index (χ0n) is 11.9. The molecule has 1 heterocycles. The summed E-state index contributed by atoms with van der Waals surface area (Å²) in [7, 11) is 1.60. The molecule has 6 heteroatoms. The lowest BCUT2D eigenvalue weighted by Gasteiger charge is -2.17. The fourth-order valence-electron chi connectivity index (χ4n) is 2.22. The van der Waals surface area contributed by atoms with E-state index >= 15 is 0 Å². The number of hydrogen-bond donors (Lipinski definition) is 1. The van der Waals surface area contributed by atoms with E-state index in [1.54, 1.807) is 12.0 Å². The van der Waals surface area contributed by atoms with Gasteiger partial charge in [-0.1, -0.05) is 54.3 Å². The van der Waals surface area contributed by atoms with Crippen LogP contribution in [-0.2, 0) is 4.79 Å². The molecule has 4 nitrogen and oxygen atoms in total. The van der Waals surface area contributed by atoms with Crippen LogP contribution in [0.5, 0.6) is 5.75 Å². The van der Waals surface area contributed by atoms with Crippen LogP contribution in [0.3, 0.4) is 0 Å². The largest absolute Gasteiger partial charge is 0.495 e. The van der Waals surface area contributed by atoms with Gasteiger partial charge < -0.3 is 10.1 Å². The monoisotopic (exact) mass is 330 g/mol. The summed E-state index contributed by atoms with van der Waals surface area (Å²) in [5.74, 6) is 0.618. The fourth-order valence-corrected chi connectivity index (χ4v) is 3.60. The average Bonchev–Trinajstić information content (AvgIpc) is 2.83. The fraction of sp³-hybridized carbons (Fsp3) is 0.125. The van der Waals surface area contributed by atoms with Gasteiger partial charge in [0, 0.05) is 0 Å². The minimum Gasteiger partial charge on any atom is -0.495 e. The highest BCUT2D eigenvalue weighted by Gasteiger charge is 2.38. The first-order valence-electron chi connectivity index (χ1n) is 6.70. The van der Waals surface area contributed by atoms with Gasteiger partial charge in [-0.15, -0.1) is 0 Å². The van der Waals surface area contributed by atoms with Gasteiger partial charge in [0.15, 0.2) is 5.37 Å². The molecule has 1 amide bonds. The second-order valence-corrected chi connectivity index (χ2v) is 6.36. The second-order valence-electron chi connectivity index (χ2n) is 4.62. The van der Waals surface area contributed by atoms with Gasteiger partial charge in [0.1, 0.15) is 10.1 Å². The van der Waals surface area contributed by atoms with Crippen LogP contribution in [0.1, 0.15) is 0 Å². The lowest BCUT2D eigenvalue weighted by atomic mass is 10.2. The van der Waals surface area contributed by atoms with E-state index in [1.165, 1.54) is 11.8 Å². The molecule has 1 aliphatic rings. The first-order chi connectivity index (χ1) is 10.7. The number of benzene rings is 2. The maximum atomic E-state index is 12.6. The van der Waals surface area contributed by atoms with Crippen LogP contribution in [0, 0.1) is 0 Å². The number of methoxy groups -OCH3 is 1. The number of thioether (sulfide) groups is 1. The highest BCUT2D eigenvalue weighted by Crippen LogP contribution is 2.34. The molecule has 0 radical (unpaired) electrons. The molecule has 2 aromatic rings. The summed E-state index contributed by atoms with van der Waals surface area (Å²) < 4.78 is 5.84. The van der Waals surface area contributed by atoms with Gasteiger partial charge >= 0.3 is 0 Å². The summed E-state index contributed by atoms with van der Waals surface area (Å²) in [4.78, 5) is 14.2. The molecule has 112 valence electrons. The molecule has 0 aromatic heterocycles. The molecule has 22 heavy (non-hydrogen) atoms. The minimum atomic E-state index is -0.455. The molecule has 0 bridgehead atoms. The van der Waals surface area contributed by atoms with Crippen LogP contribution in [0.15, 0.2) is 54.6 Å². The van der Waals surface area contributed by atoms with Gasteiger partial charge in [0.25, 0.3) is 5.91 Å². The van der Waals surface area contributed by atoms with Crippen molar-refractivity contribution in [1.82, 2.24) is 0 Å². The number of nitrogens with one attached hydrogen (secondary N) is 1. The van der Waals surface area contributed by atoms with Crippen molar-refractivity contribution in [3.63, 3.8) is 0 Å². The molecule has 1 atom stereocenters. The predicted molar refractivity (Wildman–Crippen MR) is 94.5 cm³/mol. The molecule has 1 aliphatic heterocycles. The van der Waals surface area contributed by atoms with Crippen LogP contribution < -0.4 is 15.0 Å². The van der Waals surface area contributed by atoms with E-state index in [4.69, 9.17) is 17.0 Å². The summed E-state index contributed by atoms with van der Waals surface area (Å²) in [6.07, 6.45) is 0. The second kappa shape index (κ2) is 6.37. The van der Waals surface area contributed by atoms with Crippen molar-refractivity contribution >= 4 is 45.6 Å². The van der Waals surface area contributed by atoms with Crippen molar-refractivity contribution in [2.24, 2.45) is 0 Å². The van der Waals surface area contributed by atoms with Crippen molar-refractivity contribution in [2.75, 3.05) is 17.3 Å².